The molecule has 6 nitrogen and oxygen atoms in total. The van der Waals surface area contributed by atoms with E-state index in [1.54, 1.807) is 6.33 Å². The van der Waals surface area contributed by atoms with Crippen molar-refractivity contribution in [3.05, 3.63) is 36.4 Å². The average molecular weight is 298 g/mol. The van der Waals surface area contributed by atoms with Gasteiger partial charge in [0.05, 0.1) is 11.9 Å². The maximum atomic E-state index is 12.9. The van der Waals surface area contributed by atoms with Gasteiger partial charge in [-0.3, -0.25) is 9.59 Å². The Kier molecular flexibility index (Phi) is 2.92. The molecule has 1 N–H and O–H groups in total. The molecule has 2 aromatic rings. The van der Waals surface area contributed by atoms with Crippen molar-refractivity contribution in [2.45, 2.75) is 31.2 Å². The molecule has 0 aromatic carbocycles. The summed E-state index contributed by atoms with van der Waals surface area (Å²) in [6, 6.07) is 5.69. The van der Waals surface area contributed by atoms with Gasteiger partial charge in [-0.2, -0.15) is 0 Å². The fourth-order valence-corrected chi connectivity index (χ4v) is 3.54. The SMILES string of the molecule is O=C1CC2(CCC2)N(C(=O)c2cc3cccn3cn2)CCN1. The Morgan fingerprint density at radius 1 is 1.36 bits per heavy atom. The molecule has 6 heteroatoms. The molecule has 2 fully saturated rings. The van der Waals surface area contributed by atoms with E-state index in [0.29, 0.717) is 25.2 Å². The Labute approximate surface area is 128 Å². The second kappa shape index (κ2) is 4.83. The Morgan fingerprint density at radius 2 is 2.23 bits per heavy atom. The summed E-state index contributed by atoms with van der Waals surface area (Å²) in [5, 5.41) is 2.87. The van der Waals surface area contributed by atoms with Crippen LogP contribution in [0.2, 0.25) is 0 Å². The summed E-state index contributed by atoms with van der Waals surface area (Å²) >= 11 is 0. The molecule has 3 heterocycles. The van der Waals surface area contributed by atoms with Crippen LogP contribution in [0.5, 0.6) is 0 Å². The highest BCUT2D eigenvalue weighted by molar-refractivity contribution is 5.94. The van der Waals surface area contributed by atoms with E-state index in [4.69, 9.17) is 0 Å². The third-order valence-electron chi connectivity index (χ3n) is 4.89. The molecule has 2 aromatic heterocycles. The lowest BCUT2D eigenvalue weighted by molar-refractivity contribution is -0.123. The quantitative estimate of drug-likeness (QED) is 0.861. The van der Waals surface area contributed by atoms with Crippen LogP contribution >= 0.6 is 0 Å². The normalized spacial score (nSPS) is 20.5. The molecule has 0 radical (unpaired) electrons. The second-order valence-electron chi connectivity index (χ2n) is 6.18. The van der Waals surface area contributed by atoms with Gasteiger partial charge in [0.15, 0.2) is 0 Å². The van der Waals surface area contributed by atoms with Crippen molar-refractivity contribution in [3.8, 4) is 0 Å². The fourth-order valence-electron chi connectivity index (χ4n) is 3.54. The molecule has 1 saturated carbocycles. The topological polar surface area (TPSA) is 66.7 Å². The minimum absolute atomic E-state index is 0.0463. The molecule has 2 amide bonds. The number of rotatable bonds is 1. The maximum absolute atomic E-state index is 12.9. The largest absolute Gasteiger partial charge is 0.354 e. The highest BCUT2D eigenvalue weighted by atomic mass is 16.2. The number of hydrogen-bond acceptors (Lipinski definition) is 3. The van der Waals surface area contributed by atoms with Crippen LogP contribution in [0.15, 0.2) is 30.7 Å². The van der Waals surface area contributed by atoms with Crippen molar-refractivity contribution < 1.29 is 9.59 Å². The predicted octanol–water partition coefficient (Wildman–Crippen LogP) is 1.22. The van der Waals surface area contributed by atoms with Crippen LogP contribution < -0.4 is 5.32 Å². The minimum Gasteiger partial charge on any atom is -0.354 e. The van der Waals surface area contributed by atoms with Crippen LogP contribution in [-0.4, -0.2) is 44.7 Å². The molecular weight excluding hydrogens is 280 g/mol. The zero-order chi connectivity index (χ0) is 15.2. The van der Waals surface area contributed by atoms with Crippen LogP contribution in [0, 0.1) is 0 Å². The van der Waals surface area contributed by atoms with Gasteiger partial charge in [-0.25, -0.2) is 4.98 Å². The van der Waals surface area contributed by atoms with E-state index >= 15 is 0 Å². The van der Waals surface area contributed by atoms with E-state index in [0.717, 1.165) is 24.8 Å². The third-order valence-corrected chi connectivity index (χ3v) is 4.89. The van der Waals surface area contributed by atoms with E-state index < -0.39 is 0 Å². The molecule has 1 aliphatic carbocycles. The van der Waals surface area contributed by atoms with Crippen LogP contribution in [0.1, 0.15) is 36.2 Å². The van der Waals surface area contributed by atoms with Crippen molar-refractivity contribution >= 4 is 17.3 Å². The van der Waals surface area contributed by atoms with Gasteiger partial charge in [0, 0.05) is 31.2 Å². The molecule has 0 atom stereocenters. The van der Waals surface area contributed by atoms with Crippen molar-refractivity contribution in [2.75, 3.05) is 13.1 Å². The summed E-state index contributed by atoms with van der Waals surface area (Å²) in [6.45, 7) is 1.07. The Hall–Kier alpha value is -2.37. The molecule has 0 bridgehead atoms. The first kappa shape index (κ1) is 13.3. The standard InChI is InChI=1S/C16H18N4O2/c21-14-10-16(4-2-5-16)20(8-6-17-14)15(22)13-9-12-3-1-7-19(12)11-18-13/h1,3,7,9,11H,2,4-6,8,10H2,(H,17,21). The summed E-state index contributed by atoms with van der Waals surface area (Å²) in [5.74, 6) is -0.0232. The Morgan fingerprint density at radius 3 is 3.00 bits per heavy atom. The van der Waals surface area contributed by atoms with Crippen LogP contribution in [0.3, 0.4) is 0 Å². The van der Waals surface area contributed by atoms with Crippen molar-refractivity contribution in [2.24, 2.45) is 0 Å². The molecule has 1 aliphatic heterocycles. The van der Waals surface area contributed by atoms with Crippen LogP contribution in [-0.2, 0) is 4.79 Å². The van der Waals surface area contributed by atoms with Crippen molar-refractivity contribution in [1.82, 2.24) is 19.6 Å². The van der Waals surface area contributed by atoms with Crippen LogP contribution in [0.25, 0.3) is 5.52 Å². The summed E-state index contributed by atoms with van der Waals surface area (Å²) < 4.78 is 1.88. The van der Waals surface area contributed by atoms with E-state index in [1.807, 2.05) is 33.7 Å². The number of carbonyl (C=O) groups excluding carboxylic acids is 2. The number of amides is 2. The number of fused-ring (bicyclic) bond motifs is 1. The Bertz CT molecular complexity index is 747. The summed E-state index contributed by atoms with van der Waals surface area (Å²) in [6.07, 6.45) is 6.85. The monoisotopic (exact) mass is 298 g/mol. The van der Waals surface area contributed by atoms with Gasteiger partial charge in [0.2, 0.25) is 5.91 Å². The first-order chi connectivity index (χ1) is 10.7. The third kappa shape index (κ3) is 1.98. The average Bonchev–Trinajstić information content (AvgIpc) is 2.87. The first-order valence-corrected chi connectivity index (χ1v) is 7.69. The van der Waals surface area contributed by atoms with E-state index in [-0.39, 0.29) is 17.4 Å². The van der Waals surface area contributed by atoms with Gasteiger partial charge >= 0.3 is 0 Å². The van der Waals surface area contributed by atoms with E-state index in [2.05, 4.69) is 10.3 Å². The molecule has 22 heavy (non-hydrogen) atoms. The number of carbonyl (C=O) groups is 2. The minimum atomic E-state index is -0.298. The lowest BCUT2D eigenvalue weighted by atomic mass is 9.72. The van der Waals surface area contributed by atoms with E-state index in [1.165, 1.54) is 0 Å². The van der Waals surface area contributed by atoms with Crippen molar-refractivity contribution in [1.29, 1.82) is 0 Å². The summed E-state index contributed by atoms with van der Waals surface area (Å²) in [4.78, 5) is 31.0. The number of nitrogens with one attached hydrogen (secondary N) is 1. The lowest BCUT2D eigenvalue weighted by Crippen LogP contribution is -2.56. The predicted molar refractivity (Wildman–Crippen MR) is 80.4 cm³/mol. The van der Waals surface area contributed by atoms with Gasteiger partial charge < -0.3 is 14.6 Å². The number of hydrogen-bond donors (Lipinski definition) is 1. The van der Waals surface area contributed by atoms with Gasteiger partial charge in [0.25, 0.3) is 5.91 Å². The summed E-state index contributed by atoms with van der Waals surface area (Å²) in [5.41, 5.74) is 1.10. The van der Waals surface area contributed by atoms with Gasteiger partial charge in [-0.05, 0) is 37.5 Å². The highest BCUT2D eigenvalue weighted by Gasteiger charge is 2.47. The fraction of sp³-hybridized carbons (Fsp3) is 0.438. The molecule has 114 valence electrons. The van der Waals surface area contributed by atoms with Crippen molar-refractivity contribution in [3.63, 3.8) is 0 Å². The van der Waals surface area contributed by atoms with Gasteiger partial charge in [-0.1, -0.05) is 0 Å². The van der Waals surface area contributed by atoms with Crippen LogP contribution in [0.4, 0.5) is 0 Å². The highest BCUT2D eigenvalue weighted by Crippen LogP contribution is 2.41. The zero-order valence-corrected chi connectivity index (χ0v) is 12.3. The molecule has 1 saturated heterocycles. The second-order valence-corrected chi connectivity index (χ2v) is 6.18. The summed E-state index contributed by atoms with van der Waals surface area (Å²) in [7, 11) is 0. The number of aromatic nitrogens is 2. The smallest absolute Gasteiger partial charge is 0.273 e. The maximum Gasteiger partial charge on any atom is 0.273 e. The van der Waals surface area contributed by atoms with E-state index in [9.17, 15) is 9.59 Å². The molecule has 1 spiro atoms. The molecular formula is C16H18N4O2. The van der Waals surface area contributed by atoms with Gasteiger partial charge in [-0.15, -0.1) is 0 Å². The Balaban J connectivity index is 1.69. The molecule has 4 rings (SSSR count). The van der Waals surface area contributed by atoms with Gasteiger partial charge in [0.1, 0.15) is 5.69 Å². The lowest BCUT2D eigenvalue weighted by Gasteiger charge is -2.48. The molecule has 2 aliphatic rings. The first-order valence-electron chi connectivity index (χ1n) is 7.69. The zero-order valence-electron chi connectivity index (χ0n) is 12.3. The molecule has 0 unspecified atom stereocenters. The number of nitrogens with zero attached hydrogens (tertiary/aromatic N) is 3.